The smallest absolute Gasteiger partial charge is 0.0816 e. The summed E-state index contributed by atoms with van der Waals surface area (Å²) in [6, 6.07) is 19.8. The van der Waals surface area contributed by atoms with E-state index >= 15 is 0 Å². The van der Waals surface area contributed by atoms with E-state index in [2.05, 4.69) is 71.4 Å². The molecule has 1 aliphatic carbocycles. The zero-order valence-corrected chi connectivity index (χ0v) is 16.8. The first-order valence-corrected chi connectivity index (χ1v) is 8.97. The summed E-state index contributed by atoms with van der Waals surface area (Å²) in [4.78, 5) is 5.04. The zero-order valence-electron chi connectivity index (χ0n) is 15.2. The Morgan fingerprint density at radius 1 is 0.885 bits per heavy atom. The number of ether oxygens (including phenoxy) is 1. The summed E-state index contributed by atoms with van der Waals surface area (Å²) >= 11 is 0. The van der Waals surface area contributed by atoms with Gasteiger partial charge < -0.3 is 9.64 Å². The van der Waals surface area contributed by atoms with Gasteiger partial charge in [-0.25, -0.2) is 0 Å². The SMILES string of the molecule is CN1CCN([C@H]2c3ccccc3C[C@H]2OCc2ccccc2)CC1.Cl.Cl. The van der Waals surface area contributed by atoms with Gasteiger partial charge in [-0.15, -0.1) is 24.8 Å². The van der Waals surface area contributed by atoms with Crippen molar-refractivity contribution < 1.29 is 4.74 Å². The molecule has 0 bridgehead atoms. The molecule has 4 rings (SSSR count). The highest BCUT2D eigenvalue weighted by molar-refractivity contribution is 5.85. The molecule has 2 aromatic rings. The highest BCUT2D eigenvalue weighted by Crippen LogP contribution is 2.38. The van der Waals surface area contributed by atoms with Crippen LogP contribution in [0.15, 0.2) is 54.6 Å². The maximum atomic E-state index is 6.41. The Hall–Kier alpha value is -1.10. The van der Waals surface area contributed by atoms with Crippen molar-refractivity contribution >= 4 is 24.8 Å². The van der Waals surface area contributed by atoms with Crippen LogP contribution in [0.3, 0.4) is 0 Å². The van der Waals surface area contributed by atoms with E-state index in [0.29, 0.717) is 12.6 Å². The maximum Gasteiger partial charge on any atom is 0.0816 e. The van der Waals surface area contributed by atoms with Gasteiger partial charge in [-0.3, -0.25) is 4.90 Å². The Bertz CT molecular complexity index is 675. The van der Waals surface area contributed by atoms with Crippen LogP contribution in [-0.2, 0) is 17.8 Å². The second-order valence-electron chi connectivity index (χ2n) is 7.02. The summed E-state index contributed by atoms with van der Waals surface area (Å²) in [5.74, 6) is 0. The number of likely N-dealkylation sites (N-methyl/N-ethyl adjacent to an activating group) is 1. The van der Waals surface area contributed by atoms with Crippen molar-refractivity contribution in [1.29, 1.82) is 0 Å². The summed E-state index contributed by atoms with van der Waals surface area (Å²) in [5.41, 5.74) is 4.19. The van der Waals surface area contributed by atoms with Crippen molar-refractivity contribution in [3.05, 3.63) is 71.3 Å². The van der Waals surface area contributed by atoms with Crippen molar-refractivity contribution in [2.75, 3.05) is 33.2 Å². The third-order valence-corrected chi connectivity index (χ3v) is 5.39. The van der Waals surface area contributed by atoms with Crippen molar-refractivity contribution in [3.63, 3.8) is 0 Å². The minimum absolute atomic E-state index is 0. The molecule has 26 heavy (non-hydrogen) atoms. The first kappa shape index (κ1) is 21.2. The maximum absolute atomic E-state index is 6.41. The van der Waals surface area contributed by atoms with E-state index in [1.54, 1.807) is 0 Å². The number of benzene rings is 2. The number of rotatable bonds is 4. The highest BCUT2D eigenvalue weighted by atomic mass is 35.5. The van der Waals surface area contributed by atoms with Crippen LogP contribution in [-0.4, -0.2) is 49.1 Å². The average Bonchev–Trinajstić information content (AvgIpc) is 3.00. The third kappa shape index (κ3) is 4.59. The summed E-state index contributed by atoms with van der Waals surface area (Å²) < 4.78 is 6.41. The Balaban J connectivity index is 0.00000121. The summed E-state index contributed by atoms with van der Waals surface area (Å²) in [7, 11) is 2.21. The molecular weight excluding hydrogens is 367 g/mol. The summed E-state index contributed by atoms with van der Waals surface area (Å²) in [6.45, 7) is 5.24. The van der Waals surface area contributed by atoms with Crippen LogP contribution < -0.4 is 0 Å². The van der Waals surface area contributed by atoms with E-state index in [9.17, 15) is 0 Å². The quantitative estimate of drug-likeness (QED) is 0.780. The van der Waals surface area contributed by atoms with Crippen molar-refractivity contribution in [1.82, 2.24) is 9.80 Å². The van der Waals surface area contributed by atoms with Gasteiger partial charge in [0.2, 0.25) is 0 Å². The molecule has 0 spiro atoms. The molecule has 1 aliphatic heterocycles. The second kappa shape index (κ2) is 9.72. The van der Waals surface area contributed by atoms with E-state index in [0.717, 1.165) is 32.6 Å². The first-order chi connectivity index (χ1) is 11.8. The Morgan fingerprint density at radius 2 is 1.54 bits per heavy atom. The molecule has 2 aliphatic rings. The molecule has 2 atom stereocenters. The van der Waals surface area contributed by atoms with Gasteiger partial charge in [-0.2, -0.15) is 0 Å². The fraction of sp³-hybridized carbons (Fsp3) is 0.429. The molecule has 1 saturated heterocycles. The van der Waals surface area contributed by atoms with Crippen LogP contribution in [0.2, 0.25) is 0 Å². The molecule has 3 nitrogen and oxygen atoms in total. The van der Waals surface area contributed by atoms with Gasteiger partial charge in [0.15, 0.2) is 0 Å². The van der Waals surface area contributed by atoms with E-state index in [1.807, 2.05) is 0 Å². The van der Waals surface area contributed by atoms with Gasteiger partial charge in [0.1, 0.15) is 0 Å². The van der Waals surface area contributed by atoms with Crippen LogP contribution in [0, 0.1) is 0 Å². The van der Waals surface area contributed by atoms with Crippen LogP contribution >= 0.6 is 24.8 Å². The predicted molar refractivity (Wildman–Crippen MR) is 111 cm³/mol. The Labute approximate surface area is 169 Å². The second-order valence-corrected chi connectivity index (χ2v) is 7.02. The number of fused-ring (bicyclic) bond motifs is 1. The Kier molecular flexibility index (Phi) is 7.93. The standard InChI is InChI=1S/C21H26N2O.2ClH/c1-22-11-13-23(14-12-22)21-19-10-6-5-9-18(19)15-20(21)24-16-17-7-3-2-4-8-17;;/h2-10,20-21H,11-16H2,1H3;2*1H/t20-,21+;;/m1../s1. The summed E-state index contributed by atoms with van der Waals surface area (Å²) in [6.07, 6.45) is 1.28. The van der Waals surface area contributed by atoms with Gasteiger partial charge in [0.25, 0.3) is 0 Å². The summed E-state index contributed by atoms with van der Waals surface area (Å²) in [5, 5.41) is 0. The van der Waals surface area contributed by atoms with E-state index in [1.165, 1.54) is 16.7 Å². The zero-order chi connectivity index (χ0) is 16.4. The minimum atomic E-state index is 0. The van der Waals surface area contributed by atoms with Crippen molar-refractivity contribution in [2.24, 2.45) is 0 Å². The first-order valence-electron chi connectivity index (χ1n) is 8.97. The third-order valence-electron chi connectivity index (χ3n) is 5.39. The van der Waals surface area contributed by atoms with Crippen LogP contribution in [0.1, 0.15) is 22.7 Å². The molecule has 0 aromatic heterocycles. The number of nitrogens with zero attached hydrogens (tertiary/aromatic N) is 2. The van der Waals surface area contributed by atoms with Crippen LogP contribution in [0.25, 0.3) is 0 Å². The van der Waals surface area contributed by atoms with E-state index in [4.69, 9.17) is 4.74 Å². The molecule has 0 saturated carbocycles. The molecule has 0 unspecified atom stereocenters. The monoisotopic (exact) mass is 394 g/mol. The molecule has 5 heteroatoms. The minimum Gasteiger partial charge on any atom is -0.371 e. The molecule has 2 aromatic carbocycles. The lowest BCUT2D eigenvalue weighted by atomic mass is 10.1. The molecule has 0 N–H and O–H groups in total. The van der Waals surface area contributed by atoms with Crippen molar-refractivity contribution in [2.45, 2.75) is 25.2 Å². The topological polar surface area (TPSA) is 15.7 Å². The molecule has 0 amide bonds. The molecular formula is C21H28Cl2N2O. The number of halogens is 2. The van der Waals surface area contributed by atoms with Gasteiger partial charge in [-0.05, 0) is 23.7 Å². The lowest BCUT2D eigenvalue weighted by Crippen LogP contribution is -2.48. The van der Waals surface area contributed by atoms with E-state index < -0.39 is 0 Å². The molecule has 142 valence electrons. The normalized spacial score (nSPS) is 23.0. The number of hydrogen-bond donors (Lipinski definition) is 0. The van der Waals surface area contributed by atoms with Gasteiger partial charge in [-0.1, -0.05) is 54.6 Å². The fourth-order valence-electron chi connectivity index (χ4n) is 4.00. The van der Waals surface area contributed by atoms with Gasteiger partial charge >= 0.3 is 0 Å². The number of piperazine rings is 1. The van der Waals surface area contributed by atoms with Gasteiger partial charge in [0, 0.05) is 32.6 Å². The molecule has 0 radical (unpaired) electrons. The molecule has 1 heterocycles. The van der Waals surface area contributed by atoms with Crippen molar-refractivity contribution in [3.8, 4) is 0 Å². The number of hydrogen-bond acceptors (Lipinski definition) is 3. The van der Waals surface area contributed by atoms with Crippen LogP contribution in [0.5, 0.6) is 0 Å². The van der Waals surface area contributed by atoms with Gasteiger partial charge in [0.05, 0.1) is 18.8 Å². The predicted octanol–water partition coefficient (Wildman–Crippen LogP) is 3.96. The van der Waals surface area contributed by atoms with Crippen LogP contribution in [0.4, 0.5) is 0 Å². The van der Waals surface area contributed by atoms with E-state index in [-0.39, 0.29) is 30.9 Å². The average molecular weight is 395 g/mol. The lowest BCUT2D eigenvalue weighted by molar-refractivity contribution is -0.0267. The largest absolute Gasteiger partial charge is 0.371 e. The lowest BCUT2D eigenvalue weighted by Gasteiger charge is -2.39. The highest BCUT2D eigenvalue weighted by Gasteiger charge is 2.37. The Morgan fingerprint density at radius 3 is 2.27 bits per heavy atom. The molecule has 1 fully saturated rings. The fourth-order valence-corrected chi connectivity index (χ4v) is 4.00.